The van der Waals surface area contributed by atoms with E-state index in [1.54, 1.807) is 12.1 Å². The van der Waals surface area contributed by atoms with Crippen LogP contribution in [0.15, 0.2) is 77.7 Å². The minimum Gasteiger partial charge on any atom is -0.493 e. The lowest BCUT2D eigenvalue weighted by atomic mass is 9.90. The van der Waals surface area contributed by atoms with Gasteiger partial charge in [-0.3, -0.25) is 4.79 Å². The van der Waals surface area contributed by atoms with Crippen molar-refractivity contribution in [2.75, 3.05) is 19.7 Å². The molecule has 0 spiro atoms. The maximum Gasteiger partial charge on any atom is 0.298 e. The molecule has 1 unspecified atom stereocenters. The van der Waals surface area contributed by atoms with E-state index in [0.717, 1.165) is 39.3 Å². The summed E-state index contributed by atoms with van der Waals surface area (Å²) in [7, 11) is 0. The zero-order valence-corrected chi connectivity index (χ0v) is 25.1. The number of amides is 1. The summed E-state index contributed by atoms with van der Waals surface area (Å²) in [6.45, 7) is 3.46. The molecule has 5 nitrogen and oxygen atoms in total. The molecule has 224 valence electrons. The number of hydrogen-bond donors (Lipinski definition) is 2. The fourth-order valence-electron chi connectivity index (χ4n) is 5.68. The molecule has 2 aliphatic rings. The lowest BCUT2D eigenvalue weighted by Gasteiger charge is -2.35. The quantitative estimate of drug-likeness (QED) is 0.241. The van der Waals surface area contributed by atoms with Crippen LogP contribution in [-0.2, 0) is 10.7 Å². The normalized spacial score (nSPS) is 17.7. The van der Waals surface area contributed by atoms with Crippen molar-refractivity contribution in [1.29, 1.82) is 0 Å². The number of benzene rings is 3. The summed E-state index contributed by atoms with van der Waals surface area (Å²) >= 11 is 1.04. The van der Waals surface area contributed by atoms with Crippen LogP contribution in [0.4, 0.5) is 8.78 Å². The Morgan fingerprint density at radius 2 is 1.52 bits per heavy atom. The van der Waals surface area contributed by atoms with E-state index >= 15 is 8.78 Å². The van der Waals surface area contributed by atoms with Crippen molar-refractivity contribution < 1.29 is 18.3 Å². The molecule has 1 atom stereocenters. The minimum absolute atomic E-state index is 0.0106. The molecule has 1 saturated heterocycles. The number of aryl methyl sites for hydroxylation is 1. The molecule has 3 aromatic rings. The van der Waals surface area contributed by atoms with Crippen molar-refractivity contribution in [1.82, 2.24) is 9.62 Å². The smallest absolute Gasteiger partial charge is 0.298 e. The van der Waals surface area contributed by atoms with Crippen LogP contribution >= 0.6 is 11.9 Å². The van der Waals surface area contributed by atoms with Gasteiger partial charge in [0.2, 0.25) is 5.91 Å². The first kappa shape index (κ1) is 30.5. The van der Waals surface area contributed by atoms with E-state index in [9.17, 15) is 4.79 Å². The van der Waals surface area contributed by atoms with E-state index in [0.29, 0.717) is 38.5 Å². The van der Waals surface area contributed by atoms with Gasteiger partial charge >= 0.3 is 0 Å². The first-order chi connectivity index (χ1) is 20.3. The van der Waals surface area contributed by atoms with Crippen LogP contribution in [0.25, 0.3) is 11.1 Å². The van der Waals surface area contributed by atoms with Crippen molar-refractivity contribution in [3.8, 4) is 16.9 Å². The number of carbonyl (C=O) groups is 1. The highest BCUT2D eigenvalue weighted by molar-refractivity contribution is 7.97. The molecule has 0 aromatic heterocycles. The number of nitrogens with two attached hydrogens (primary N) is 1. The van der Waals surface area contributed by atoms with Crippen LogP contribution < -0.4 is 15.2 Å². The molecule has 42 heavy (non-hydrogen) atoms. The lowest BCUT2D eigenvalue weighted by molar-refractivity contribution is -0.145. The fourth-order valence-corrected chi connectivity index (χ4v) is 6.45. The second kappa shape index (κ2) is 14.0. The second-order valence-electron chi connectivity index (χ2n) is 11.7. The molecule has 0 radical (unpaired) electrons. The van der Waals surface area contributed by atoms with E-state index in [1.807, 2.05) is 55.5 Å². The van der Waals surface area contributed by atoms with Gasteiger partial charge in [-0.15, -0.1) is 0 Å². The number of halogens is 2. The molecule has 3 N–H and O–H groups in total. The van der Waals surface area contributed by atoms with Crippen molar-refractivity contribution in [2.24, 2.45) is 11.7 Å². The SMILES string of the molecule is Cc1ccc(-c2ccc(C(F)(F)C(NSc3ccc(OCC4CCCCC4)cc3)C(=O)N3CCC(N)CC3)cc2)cc1. The lowest BCUT2D eigenvalue weighted by Crippen LogP contribution is -2.55. The number of rotatable bonds is 10. The van der Waals surface area contributed by atoms with Gasteiger partial charge < -0.3 is 15.4 Å². The first-order valence-electron chi connectivity index (χ1n) is 15.0. The molecule has 1 amide bonds. The summed E-state index contributed by atoms with van der Waals surface area (Å²) in [5, 5.41) is 0. The topological polar surface area (TPSA) is 67.6 Å². The van der Waals surface area contributed by atoms with E-state index in [4.69, 9.17) is 10.5 Å². The molecule has 1 aliphatic heterocycles. The maximum atomic E-state index is 16.2. The van der Waals surface area contributed by atoms with E-state index in [-0.39, 0.29) is 11.6 Å². The predicted octanol–water partition coefficient (Wildman–Crippen LogP) is 7.33. The zero-order valence-electron chi connectivity index (χ0n) is 24.2. The molecule has 5 rings (SSSR count). The van der Waals surface area contributed by atoms with Crippen LogP contribution in [0.1, 0.15) is 56.1 Å². The van der Waals surface area contributed by atoms with Crippen molar-refractivity contribution >= 4 is 17.9 Å². The second-order valence-corrected chi connectivity index (χ2v) is 12.6. The molecular formula is C34H41F2N3O2S. The molecular weight excluding hydrogens is 552 g/mol. The Balaban J connectivity index is 1.29. The summed E-state index contributed by atoms with van der Waals surface area (Å²) in [5.41, 5.74) is 8.74. The minimum atomic E-state index is -3.45. The van der Waals surface area contributed by atoms with Gasteiger partial charge in [0.25, 0.3) is 5.92 Å². The van der Waals surface area contributed by atoms with Gasteiger partial charge in [-0.1, -0.05) is 73.4 Å². The molecule has 8 heteroatoms. The number of ether oxygens (including phenoxy) is 1. The van der Waals surface area contributed by atoms with Gasteiger partial charge in [0, 0.05) is 29.6 Å². The standard InChI is InChI=1S/C34H41F2N3O2S/c1-24-7-9-26(10-8-24)27-11-13-28(14-12-27)34(35,36)32(33(40)39-21-19-29(37)20-22-39)38-42-31-17-15-30(16-18-31)41-23-25-5-3-2-4-6-25/h7-18,25,29,32,38H,2-6,19-23,37H2,1H3. The van der Waals surface area contributed by atoms with Crippen LogP contribution in [0.2, 0.25) is 0 Å². The van der Waals surface area contributed by atoms with E-state index < -0.39 is 17.9 Å². The first-order valence-corrected chi connectivity index (χ1v) is 15.9. The van der Waals surface area contributed by atoms with Crippen molar-refractivity contribution in [3.05, 3.63) is 83.9 Å². The summed E-state index contributed by atoms with van der Waals surface area (Å²) in [6, 6.07) is 19.8. The molecule has 2 fully saturated rings. The monoisotopic (exact) mass is 593 g/mol. The summed E-state index contributed by atoms with van der Waals surface area (Å²) in [4.78, 5) is 15.8. The third-order valence-corrected chi connectivity index (χ3v) is 9.31. The van der Waals surface area contributed by atoms with E-state index in [1.165, 1.54) is 49.1 Å². The Bertz CT molecular complexity index is 1290. The number of piperidine rings is 1. The molecule has 1 heterocycles. The predicted molar refractivity (Wildman–Crippen MR) is 166 cm³/mol. The highest BCUT2D eigenvalue weighted by Crippen LogP contribution is 2.36. The van der Waals surface area contributed by atoms with Crippen LogP contribution in [-0.4, -0.2) is 42.6 Å². The summed E-state index contributed by atoms with van der Waals surface area (Å²) in [5.74, 6) is -2.70. The number of nitrogens with zero attached hydrogens (tertiary/aromatic N) is 1. The average molecular weight is 594 g/mol. The molecule has 0 bridgehead atoms. The molecule has 1 aliphatic carbocycles. The Kier molecular flexibility index (Phi) is 10.2. The number of alkyl halides is 2. The van der Waals surface area contributed by atoms with Crippen molar-refractivity contribution in [3.63, 3.8) is 0 Å². The Morgan fingerprint density at radius 1 is 0.929 bits per heavy atom. The van der Waals surface area contributed by atoms with Crippen LogP contribution in [0.3, 0.4) is 0 Å². The van der Waals surface area contributed by atoms with Gasteiger partial charge in [0.1, 0.15) is 5.75 Å². The van der Waals surface area contributed by atoms with Gasteiger partial charge in [-0.2, -0.15) is 8.78 Å². The van der Waals surface area contributed by atoms with Gasteiger partial charge in [0.05, 0.1) is 6.61 Å². The maximum absolute atomic E-state index is 16.2. The number of hydrogen-bond acceptors (Lipinski definition) is 5. The zero-order chi connectivity index (χ0) is 29.5. The van der Waals surface area contributed by atoms with Gasteiger partial charge in [-0.25, -0.2) is 4.72 Å². The average Bonchev–Trinajstić information content (AvgIpc) is 3.02. The largest absolute Gasteiger partial charge is 0.493 e. The number of nitrogens with one attached hydrogen (secondary N) is 1. The Labute approximate surface area is 252 Å². The third kappa shape index (κ3) is 7.71. The van der Waals surface area contributed by atoms with Gasteiger partial charge in [0.15, 0.2) is 6.04 Å². The highest BCUT2D eigenvalue weighted by Gasteiger charge is 2.48. The van der Waals surface area contributed by atoms with E-state index in [2.05, 4.69) is 4.72 Å². The van der Waals surface area contributed by atoms with Crippen LogP contribution in [0, 0.1) is 12.8 Å². The highest BCUT2D eigenvalue weighted by atomic mass is 32.2. The number of likely N-dealkylation sites (tertiary alicyclic amines) is 1. The Morgan fingerprint density at radius 3 is 2.14 bits per heavy atom. The summed E-state index contributed by atoms with van der Waals surface area (Å²) in [6.07, 6.45) is 7.46. The molecule has 3 aromatic carbocycles. The fraction of sp³-hybridized carbons (Fsp3) is 0.441. The Hall–Kier alpha value is -2.94. The van der Waals surface area contributed by atoms with Crippen molar-refractivity contribution in [2.45, 2.75) is 74.8 Å². The third-order valence-electron chi connectivity index (χ3n) is 8.44. The van der Waals surface area contributed by atoms with Crippen LogP contribution in [0.5, 0.6) is 5.75 Å². The summed E-state index contributed by atoms with van der Waals surface area (Å²) < 4.78 is 41.2. The molecule has 1 saturated carbocycles. The number of carbonyl (C=O) groups excluding carboxylic acids is 1. The van der Waals surface area contributed by atoms with Gasteiger partial charge in [-0.05, 0) is 85.9 Å².